The van der Waals surface area contributed by atoms with Crippen LogP contribution >= 0.6 is 11.8 Å². The molecule has 3 aromatic rings. The Kier molecular flexibility index (Phi) is 5.47. The molecule has 0 aliphatic heterocycles. The van der Waals surface area contributed by atoms with Gasteiger partial charge in [-0.1, -0.05) is 0 Å². The van der Waals surface area contributed by atoms with Crippen molar-refractivity contribution in [2.75, 3.05) is 14.2 Å². The van der Waals surface area contributed by atoms with Gasteiger partial charge in [-0.2, -0.15) is 5.26 Å². The van der Waals surface area contributed by atoms with Crippen molar-refractivity contribution < 1.29 is 14.4 Å². The average Bonchev–Trinajstić information content (AvgIpc) is 3.07. The Bertz CT molecular complexity index is 1070. The van der Waals surface area contributed by atoms with Crippen LogP contribution in [0.5, 0.6) is 11.5 Å². The minimum Gasteiger partial charge on any atom is -0.497 e. The summed E-state index contributed by atoms with van der Waals surface area (Å²) in [5.74, 6) is 1.83. The van der Waals surface area contributed by atoms with Gasteiger partial charge in [-0.15, -0.1) is 10.2 Å². The topological polar surface area (TPSA) is 116 Å². The van der Waals surface area contributed by atoms with Gasteiger partial charge in [0.15, 0.2) is 11.0 Å². The lowest BCUT2D eigenvalue weighted by atomic mass is 10.2. The molecule has 0 atom stereocenters. The van der Waals surface area contributed by atoms with Crippen molar-refractivity contribution in [1.29, 1.82) is 5.26 Å². The average molecular weight is 397 g/mol. The first-order valence-corrected chi connectivity index (χ1v) is 8.77. The highest BCUT2D eigenvalue weighted by atomic mass is 32.2. The fraction of sp³-hybridized carbons (Fsp3) is 0.167. The maximum absolute atomic E-state index is 11.2. The van der Waals surface area contributed by atoms with Crippen LogP contribution in [-0.2, 0) is 7.05 Å². The second-order valence-electron chi connectivity index (χ2n) is 5.62. The van der Waals surface area contributed by atoms with E-state index in [0.29, 0.717) is 27.4 Å². The summed E-state index contributed by atoms with van der Waals surface area (Å²) in [6, 6.07) is 11.6. The number of benzene rings is 2. The molecule has 0 bridgehead atoms. The molecular weight excluding hydrogens is 382 g/mol. The largest absolute Gasteiger partial charge is 0.497 e. The molecule has 0 N–H and O–H groups in total. The predicted octanol–water partition coefficient (Wildman–Crippen LogP) is 3.43. The van der Waals surface area contributed by atoms with E-state index in [1.807, 2.05) is 18.2 Å². The van der Waals surface area contributed by atoms with Crippen LogP contribution in [0.1, 0.15) is 5.56 Å². The fourth-order valence-electron chi connectivity index (χ4n) is 2.52. The van der Waals surface area contributed by atoms with Crippen LogP contribution in [0.3, 0.4) is 0 Å². The summed E-state index contributed by atoms with van der Waals surface area (Å²) in [7, 11) is 4.92. The molecular formula is C18H15N5O4S. The third-order valence-corrected chi connectivity index (χ3v) is 4.97. The SMILES string of the molecule is COc1cc(OC)cc(-c2nnc(Sc3ccc(C#N)c([N+](=O)[O-])c3)n2C)c1. The Morgan fingerprint density at radius 1 is 1.14 bits per heavy atom. The maximum Gasteiger partial charge on any atom is 0.288 e. The van der Waals surface area contributed by atoms with Crippen LogP contribution in [0.15, 0.2) is 46.5 Å². The van der Waals surface area contributed by atoms with Gasteiger partial charge in [-0.3, -0.25) is 10.1 Å². The van der Waals surface area contributed by atoms with Gasteiger partial charge in [0.1, 0.15) is 23.1 Å². The Balaban J connectivity index is 1.96. The molecule has 9 nitrogen and oxygen atoms in total. The van der Waals surface area contributed by atoms with Gasteiger partial charge >= 0.3 is 0 Å². The highest BCUT2D eigenvalue weighted by Crippen LogP contribution is 2.34. The van der Waals surface area contributed by atoms with Gasteiger partial charge in [0, 0.05) is 29.6 Å². The van der Waals surface area contributed by atoms with Gasteiger partial charge in [0.25, 0.3) is 5.69 Å². The van der Waals surface area contributed by atoms with E-state index in [4.69, 9.17) is 14.7 Å². The van der Waals surface area contributed by atoms with Gasteiger partial charge in [-0.05, 0) is 36.0 Å². The van der Waals surface area contributed by atoms with Crippen LogP contribution < -0.4 is 9.47 Å². The number of ether oxygens (including phenoxy) is 2. The molecule has 0 spiro atoms. The summed E-state index contributed by atoms with van der Waals surface area (Å²) in [6.45, 7) is 0. The molecule has 3 rings (SSSR count). The van der Waals surface area contributed by atoms with E-state index in [0.717, 1.165) is 5.56 Å². The first-order chi connectivity index (χ1) is 13.5. The second-order valence-corrected chi connectivity index (χ2v) is 6.66. The van der Waals surface area contributed by atoms with Crippen LogP contribution in [0, 0.1) is 21.4 Å². The summed E-state index contributed by atoms with van der Waals surface area (Å²) in [5, 5.41) is 29.1. The zero-order valence-corrected chi connectivity index (χ0v) is 16.1. The minimum atomic E-state index is -0.576. The summed E-state index contributed by atoms with van der Waals surface area (Å²) in [5.41, 5.74) is 0.521. The third kappa shape index (κ3) is 3.74. The summed E-state index contributed by atoms with van der Waals surface area (Å²) < 4.78 is 12.3. The molecule has 0 saturated heterocycles. The lowest BCUT2D eigenvalue weighted by molar-refractivity contribution is -0.385. The second kappa shape index (κ2) is 7.98. The van der Waals surface area contributed by atoms with E-state index in [2.05, 4.69) is 10.2 Å². The number of nitriles is 1. The minimum absolute atomic E-state index is 0.0106. The molecule has 0 radical (unpaired) electrons. The fourth-order valence-corrected chi connectivity index (χ4v) is 3.34. The number of hydrogen-bond acceptors (Lipinski definition) is 8. The van der Waals surface area contributed by atoms with Crippen molar-refractivity contribution in [3.8, 4) is 29.0 Å². The van der Waals surface area contributed by atoms with E-state index < -0.39 is 4.92 Å². The molecule has 0 saturated carbocycles. The van der Waals surface area contributed by atoms with E-state index in [-0.39, 0.29) is 11.3 Å². The molecule has 28 heavy (non-hydrogen) atoms. The number of hydrogen-bond donors (Lipinski definition) is 0. The third-order valence-electron chi connectivity index (χ3n) is 3.94. The highest BCUT2D eigenvalue weighted by molar-refractivity contribution is 7.99. The molecule has 0 aliphatic carbocycles. The molecule has 142 valence electrons. The van der Waals surface area contributed by atoms with Gasteiger partial charge < -0.3 is 14.0 Å². The summed E-state index contributed by atoms with van der Waals surface area (Å²) >= 11 is 1.21. The van der Waals surface area contributed by atoms with Crippen molar-refractivity contribution in [2.45, 2.75) is 10.1 Å². The molecule has 1 heterocycles. The molecule has 0 amide bonds. The summed E-state index contributed by atoms with van der Waals surface area (Å²) in [4.78, 5) is 11.2. The molecule has 2 aromatic carbocycles. The number of nitrogens with zero attached hydrogens (tertiary/aromatic N) is 5. The lowest BCUT2D eigenvalue weighted by Gasteiger charge is -2.08. The first-order valence-electron chi connectivity index (χ1n) is 7.96. The van der Waals surface area contributed by atoms with Crippen LogP contribution in [0.25, 0.3) is 11.4 Å². The molecule has 10 heteroatoms. The maximum atomic E-state index is 11.2. The quantitative estimate of drug-likeness (QED) is 0.459. The van der Waals surface area contributed by atoms with E-state index in [9.17, 15) is 10.1 Å². The van der Waals surface area contributed by atoms with E-state index >= 15 is 0 Å². The zero-order chi connectivity index (χ0) is 20.3. The van der Waals surface area contributed by atoms with Crippen molar-refractivity contribution in [2.24, 2.45) is 7.05 Å². The zero-order valence-electron chi connectivity index (χ0n) is 15.2. The number of aromatic nitrogens is 3. The Morgan fingerprint density at radius 3 is 2.39 bits per heavy atom. The molecule has 0 unspecified atom stereocenters. The van der Waals surface area contributed by atoms with Crippen molar-refractivity contribution in [1.82, 2.24) is 14.8 Å². The number of nitro benzene ring substituents is 1. The van der Waals surface area contributed by atoms with Crippen LogP contribution in [0.4, 0.5) is 5.69 Å². The highest BCUT2D eigenvalue weighted by Gasteiger charge is 2.18. The summed E-state index contributed by atoms with van der Waals surface area (Å²) in [6.07, 6.45) is 0. The number of nitro groups is 1. The lowest BCUT2D eigenvalue weighted by Crippen LogP contribution is -1.97. The number of methoxy groups -OCH3 is 2. The predicted molar refractivity (Wildman–Crippen MR) is 101 cm³/mol. The Labute approximate surface area is 164 Å². The van der Waals surface area contributed by atoms with E-state index in [1.165, 1.54) is 23.9 Å². The van der Waals surface area contributed by atoms with Crippen LogP contribution in [0.2, 0.25) is 0 Å². The Hall–Kier alpha value is -3.58. The molecule has 0 fully saturated rings. The van der Waals surface area contributed by atoms with Gasteiger partial charge in [-0.25, -0.2) is 0 Å². The number of rotatable bonds is 6. The molecule has 0 aliphatic rings. The Morgan fingerprint density at radius 2 is 1.82 bits per heavy atom. The smallest absolute Gasteiger partial charge is 0.288 e. The molecule has 1 aromatic heterocycles. The monoisotopic (exact) mass is 397 g/mol. The van der Waals surface area contributed by atoms with Crippen molar-refractivity contribution in [3.05, 3.63) is 52.1 Å². The van der Waals surface area contributed by atoms with Gasteiger partial charge in [0.2, 0.25) is 0 Å². The normalized spacial score (nSPS) is 10.4. The van der Waals surface area contributed by atoms with Crippen molar-refractivity contribution >= 4 is 17.4 Å². The first kappa shape index (κ1) is 19.2. The van der Waals surface area contributed by atoms with Gasteiger partial charge in [0.05, 0.1) is 19.1 Å². The van der Waals surface area contributed by atoms with E-state index in [1.54, 1.807) is 38.0 Å². The van der Waals surface area contributed by atoms with Crippen molar-refractivity contribution in [3.63, 3.8) is 0 Å². The van der Waals surface area contributed by atoms with Crippen LogP contribution in [-0.4, -0.2) is 33.9 Å². The standard InChI is InChI=1S/C18H15N5O4S/c1-22-17(12-6-13(26-2)8-14(7-12)27-3)20-21-18(22)28-15-5-4-11(10-19)16(9-15)23(24)25/h4-9H,1-3H3.